The molecule has 172 valence electrons. The maximum Gasteiger partial charge on any atom is 0.340 e. The highest BCUT2D eigenvalue weighted by atomic mass is 35.5. The van der Waals surface area contributed by atoms with Gasteiger partial charge in [0.15, 0.2) is 6.61 Å². The minimum Gasteiger partial charge on any atom is -0.452 e. The number of carbonyl (C=O) groups excluding carboxylic acids is 2. The van der Waals surface area contributed by atoms with Crippen LogP contribution in [0.25, 0.3) is 0 Å². The second kappa shape index (κ2) is 11.1. The lowest BCUT2D eigenvalue weighted by atomic mass is 10.2. The fourth-order valence-electron chi connectivity index (χ4n) is 2.98. The van der Waals surface area contributed by atoms with E-state index in [0.717, 1.165) is 17.2 Å². The molecular weight excluding hydrogens is 464 g/mol. The zero-order chi connectivity index (χ0) is 23.8. The van der Waals surface area contributed by atoms with Gasteiger partial charge in [-0.15, -0.1) is 0 Å². The first-order valence-electron chi connectivity index (χ1n) is 10.0. The van der Waals surface area contributed by atoms with Crippen LogP contribution in [0.2, 0.25) is 5.02 Å². The molecule has 1 amide bonds. The Morgan fingerprint density at radius 3 is 2.18 bits per heavy atom. The normalized spacial score (nSPS) is 11.2. The molecule has 0 unspecified atom stereocenters. The van der Waals surface area contributed by atoms with Crippen LogP contribution in [-0.2, 0) is 32.6 Å². The lowest BCUT2D eigenvalue weighted by Gasteiger charge is -2.18. The van der Waals surface area contributed by atoms with Crippen molar-refractivity contribution in [2.24, 2.45) is 0 Å². The van der Waals surface area contributed by atoms with E-state index in [1.807, 2.05) is 60.7 Å². The maximum atomic E-state index is 13.0. The second-order valence-electron chi connectivity index (χ2n) is 7.23. The van der Waals surface area contributed by atoms with Crippen molar-refractivity contribution in [1.82, 2.24) is 9.62 Å². The van der Waals surface area contributed by atoms with Crippen molar-refractivity contribution >= 4 is 33.5 Å². The van der Waals surface area contributed by atoms with Crippen molar-refractivity contribution < 1.29 is 22.7 Å². The summed E-state index contributed by atoms with van der Waals surface area (Å²) in [6, 6.07) is 22.2. The van der Waals surface area contributed by atoms with Crippen molar-refractivity contribution in [3.05, 3.63) is 101 Å². The Kier molecular flexibility index (Phi) is 8.21. The van der Waals surface area contributed by atoms with E-state index in [1.165, 1.54) is 23.5 Å². The van der Waals surface area contributed by atoms with E-state index in [1.54, 1.807) is 0 Å². The van der Waals surface area contributed by atoms with Crippen LogP contribution in [0.3, 0.4) is 0 Å². The van der Waals surface area contributed by atoms with E-state index >= 15 is 0 Å². The maximum absolute atomic E-state index is 13.0. The van der Waals surface area contributed by atoms with Gasteiger partial charge in [0, 0.05) is 20.1 Å². The van der Waals surface area contributed by atoms with Gasteiger partial charge in [-0.2, -0.15) is 4.31 Å². The molecule has 0 bridgehead atoms. The highest BCUT2D eigenvalue weighted by Gasteiger charge is 2.24. The zero-order valence-corrected chi connectivity index (χ0v) is 19.5. The van der Waals surface area contributed by atoms with Crippen LogP contribution in [-0.4, -0.2) is 38.3 Å². The van der Waals surface area contributed by atoms with E-state index in [2.05, 4.69) is 5.32 Å². The van der Waals surface area contributed by atoms with E-state index < -0.39 is 28.5 Å². The second-order valence-corrected chi connectivity index (χ2v) is 9.68. The van der Waals surface area contributed by atoms with Crippen LogP contribution in [0.5, 0.6) is 0 Å². The monoisotopic (exact) mass is 486 g/mol. The van der Waals surface area contributed by atoms with E-state index in [4.69, 9.17) is 16.3 Å². The number of amides is 1. The largest absolute Gasteiger partial charge is 0.452 e. The van der Waals surface area contributed by atoms with Gasteiger partial charge in [0.1, 0.15) is 0 Å². The van der Waals surface area contributed by atoms with Gasteiger partial charge < -0.3 is 10.1 Å². The van der Waals surface area contributed by atoms with Crippen LogP contribution in [0.1, 0.15) is 21.5 Å². The summed E-state index contributed by atoms with van der Waals surface area (Å²) in [6.45, 7) is -0.0699. The number of carbonyl (C=O) groups is 2. The molecular formula is C24H23ClN2O5S. The molecule has 3 aromatic carbocycles. The predicted octanol–water partition coefficient (Wildman–Crippen LogP) is 3.63. The molecule has 0 saturated carbocycles. The van der Waals surface area contributed by atoms with Gasteiger partial charge in [0.05, 0.1) is 15.5 Å². The summed E-state index contributed by atoms with van der Waals surface area (Å²) in [5.41, 5.74) is 1.58. The molecule has 0 atom stereocenters. The summed E-state index contributed by atoms with van der Waals surface area (Å²) in [6.07, 6.45) is 0. The summed E-state index contributed by atoms with van der Waals surface area (Å²) < 4.78 is 32.2. The molecule has 9 heteroatoms. The smallest absolute Gasteiger partial charge is 0.340 e. The first kappa shape index (κ1) is 24.4. The number of sulfonamides is 1. The molecule has 0 aliphatic heterocycles. The molecule has 0 spiro atoms. The highest BCUT2D eigenvalue weighted by molar-refractivity contribution is 7.89. The molecule has 7 nitrogen and oxygen atoms in total. The fourth-order valence-corrected chi connectivity index (χ4v) is 4.36. The Balaban J connectivity index is 1.64. The van der Waals surface area contributed by atoms with Gasteiger partial charge in [-0.25, -0.2) is 13.2 Å². The summed E-state index contributed by atoms with van der Waals surface area (Å²) in [5, 5.41) is 2.66. The van der Waals surface area contributed by atoms with Crippen LogP contribution < -0.4 is 5.32 Å². The first-order chi connectivity index (χ1) is 15.8. The van der Waals surface area contributed by atoms with Crippen molar-refractivity contribution in [1.29, 1.82) is 0 Å². The topological polar surface area (TPSA) is 92.8 Å². The summed E-state index contributed by atoms with van der Waals surface area (Å²) in [7, 11) is -2.44. The van der Waals surface area contributed by atoms with Crippen LogP contribution in [0, 0.1) is 0 Å². The van der Waals surface area contributed by atoms with Crippen molar-refractivity contribution in [2.75, 3.05) is 13.7 Å². The third-order valence-electron chi connectivity index (χ3n) is 4.78. The average molecular weight is 487 g/mol. The standard InChI is InChI=1S/C24H23ClN2O5S/c1-27(16-19-10-6-3-7-11-19)33(30,31)20-12-13-22(25)21(14-20)24(29)32-17-23(28)26-15-18-8-4-2-5-9-18/h2-14H,15-17H2,1H3,(H,26,28). The van der Waals surface area contributed by atoms with Gasteiger partial charge in [-0.1, -0.05) is 72.3 Å². The van der Waals surface area contributed by atoms with Gasteiger partial charge in [-0.05, 0) is 29.3 Å². The molecule has 0 heterocycles. The molecule has 3 aromatic rings. The number of nitrogens with zero attached hydrogens (tertiary/aromatic N) is 1. The third kappa shape index (κ3) is 6.64. The number of esters is 1. The number of rotatable bonds is 9. The van der Waals surface area contributed by atoms with Crippen molar-refractivity contribution in [2.45, 2.75) is 18.0 Å². The molecule has 1 N–H and O–H groups in total. The molecule has 33 heavy (non-hydrogen) atoms. The summed E-state index contributed by atoms with van der Waals surface area (Å²) in [5.74, 6) is -1.38. The Labute approximate surface area is 198 Å². The van der Waals surface area contributed by atoms with Crippen molar-refractivity contribution in [3.8, 4) is 0 Å². The van der Waals surface area contributed by atoms with E-state index in [0.29, 0.717) is 6.54 Å². The molecule has 0 aliphatic carbocycles. The number of hydrogen-bond donors (Lipinski definition) is 1. The SMILES string of the molecule is CN(Cc1ccccc1)S(=O)(=O)c1ccc(Cl)c(C(=O)OCC(=O)NCc2ccccc2)c1. The third-order valence-corrected chi connectivity index (χ3v) is 6.91. The number of benzene rings is 3. The van der Waals surface area contributed by atoms with Crippen LogP contribution >= 0.6 is 11.6 Å². The van der Waals surface area contributed by atoms with Crippen LogP contribution in [0.15, 0.2) is 83.8 Å². The number of hydrogen-bond acceptors (Lipinski definition) is 5. The first-order valence-corrected chi connectivity index (χ1v) is 11.9. The fraction of sp³-hybridized carbons (Fsp3) is 0.167. The minimum atomic E-state index is -3.89. The Hall–Kier alpha value is -3.20. The highest BCUT2D eigenvalue weighted by Crippen LogP contribution is 2.24. The molecule has 0 saturated heterocycles. The Morgan fingerprint density at radius 2 is 1.55 bits per heavy atom. The molecule has 3 rings (SSSR count). The van der Waals surface area contributed by atoms with Gasteiger partial charge in [0.2, 0.25) is 10.0 Å². The lowest BCUT2D eigenvalue weighted by Crippen LogP contribution is -2.28. The van der Waals surface area contributed by atoms with E-state index in [-0.39, 0.29) is 22.0 Å². The predicted molar refractivity (Wildman–Crippen MR) is 125 cm³/mol. The number of ether oxygens (including phenoxy) is 1. The zero-order valence-electron chi connectivity index (χ0n) is 17.9. The Morgan fingerprint density at radius 1 is 0.939 bits per heavy atom. The summed E-state index contributed by atoms with van der Waals surface area (Å²) >= 11 is 6.10. The van der Waals surface area contributed by atoms with E-state index in [9.17, 15) is 18.0 Å². The molecule has 0 fully saturated rings. The average Bonchev–Trinajstić information content (AvgIpc) is 2.82. The quantitative estimate of drug-likeness (QED) is 0.466. The van der Waals surface area contributed by atoms with Crippen molar-refractivity contribution in [3.63, 3.8) is 0 Å². The van der Waals surface area contributed by atoms with Gasteiger partial charge in [-0.3, -0.25) is 4.79 Å². The summed E-state index contributed by atoms with van der Waals surface area (Å²) in [4.78, 5) is 24.4. The van der Waals surface area contributed by atoms with Gasteiger partial charge >= 0.3 is 5.97 Å². The molecule has 0 radical (unpaired) electrons. The lowest BCUT2D eigenvalue weighted by molar-refractivity contribution is -0.124. The molecule has 0 aliphatic rings. The Bertz CT molecular complexity index is 1220. The number of halogens is 1. The molecule has 0 aromatic heterocycles. The van der Waals surface area contributed by atoms with Crippen LogP contribution in [0.4, 0.5) is 0 Å². The van der Waals surface area contributed by atoms with Gasteiger partial charge in [0.25, 0.3) is 5.91 Å². The minimum absolute atomic E-state index is 0.0226. The number of nitrogens with one attached hydrogen (secondary N) is 1.